The monoisotopic (exact) mass is 397 g/mol. The van der Waals surface area contributed by atoms with Crippen LogP contribution in [0.15, 0.2) is 55.0 Å². The number of sulfonamides is 1. The first-order valence-corrected chi connectivity index (χ1v) is 10.6. The van der Waals surface area contributed by atoms with Crippen LogP contribution in [0.2, 0.25) is 0 Å². The number of aromatic nitrogens is 3. The van der Waals surface area contributed by atoms with E-state index in [9.17, 15) is 13.2 Å². The lowest BCUT2D eigenvalue weighted by Gasteiger charge is -2.29. The molecule has 0 aliphatic carbocycles. The van der Waals surface area contributed by atoms with Crippen molar-refractivity contribution in [3.05, 3.63) is 66.1 Å². The third-order valence-electron chi connectivity index (χ3n) is 4.57. The van der Waals surface area contributed by atoms with Crippen LogP contribution >= 0.6 is 0 Å². The van der Waals surface area contributed by atoms with E-state index < -0.39 is 10.0 Å². The van der Waals surface area contributed by atoms with Gasteiger partial charge in [0, 0.05) is 30.8 Å². The summed E-state index contributed by atoms with van der Waals surface area (Å²) in [6.45, 7) is 0.446. The van der Waals surface area contributed by atoms with Crippen molar-refractivity contribution in [1.82, 2.24) is 14.8 Å². The second kappa shape index (κ2) is 7.08. The summed E-state index contributed by atoms with van der Waals surface area (Å²) in [5, 5.41) is 6.91. The second-order valence-electron chi connectivity index (χ2n) is 6.59. The van der Waals surface area contributed by atoms with Crippen LogP contribution in [-0.2, 0) is 16.4 Å². The van der Waals surface area contributed by atoms with E-state index in [4.69, 9.17) is 0 Å². The zero-order valence-electron chi connectivity index (χ0n) is 15.2. The van der Waals surface area contributed by atoms with E-state index in [1.54, 1.807) is 47.4 Å². The van der Waals surface area contributed by atoms with E-state index in [1.807, 2.05) is 6.07 Å². The molecule has 4 rings (SSSR count). The minimum atomic E-state index is -3.36. The lowest BCUT2D eigenvalue weighted by atomic mass is 10.0. The van der Waals surface area contributed by atoms with Crippen molar-refractivity contribution in [2.45, 2.75) is 12.8 Å². The SMILES string of the molecule is CS(=O)(=O)N1CCCc2ccc(NC(=O)c3ccc(-n4cccn4)nc3)cc21. The van der Waals surface area contributed by atoms with Crippen LogP contribution in [0.3, 0.4) is 0 Å². The molecule has 0 bridgehead atoms. The molecule has 1 aliphatic heterocycles. The van der Waals surface area contributed by atoms with E-state index in [-0.39, 0.29) is 5.91 Å². The molecular formula is C19H19N5O3S. The lowest BCUT2D eigenvalue weighted by molar-refractivity contribution is 0.102. The first-order valence-electron chi connectivity index (χ1n) is 8.80. The molecule has 8 nitrogen and oxygen atoms in total. The molecule has 9 heteroatoms. The number of carbonyl (C=O) groups excluding carboxylic acids is 1. The van der Waals surface area contributed by atoms with Gasteiger partial charge >= 0.3 is 0 Å². The number of nitrogens with one attached hydrogen (secondary N) is 1. The zero-order valence-corrected chi connectivity index (χ0v) is 16.1. The zero-order chi connectivity index (χ0) is 19.7. The molecule has 0 saturated heterocycles. The van der Waals surface area contributed by atoms with E-state index in [1.165, 1.54) is 16.8 Å². The highest BCUT2D eigenvalue weighted by Gasteiger charge is 2.24. The Hall–Kier alpha value is -3.20. The maximum atomic E-state index is 12.6. The van der Waals surface area contributed by atoms with Crippen LogP contribution < -0.4 is 9.62 Å². The number of benzene rings is 1. The molecule has 28 heavy (non-hydrogen) atoms. The summed E-state index contributed by atoms with van der Waals surface area (Å²) in [6, 6.07) is 10.5. The van der Waals surface area contributed by atoms with Crippen LogP contribution in [-0.4, -0.2) is 41.9 Å². The van der Waals surface area contributed by atoms with E-state index >= 15 is 0 Å². The minimum Gasteiger partial charge on any atom is -0.322 e. The molecule has 0 spiro atoms. The van der Waals surface area contributed by atoms with Crippen molar-refractivity contribution in [2.24, 2.45) is 0 Å². The van der Waals surface area contributed by atoms with Crippen LogP contribution in [0.1, 0.15) is 22.3 Å². The molecule has 1 aliphatic rings. The number of hydrogen-bond acceptors (Lipinski definition) is 5. The van der Waals surface area contributed by atoms with E-state index in [0.717, 1.165) is 18.4 Å². The molecule has 0 fully saturated rings. The first-order chi connectivity index (χ1) is 13.4. The Morgan fingerprint density at radius 3 is 2.75 bits per heavy atom. The number of anilines is 2. The van der Waals surface area contributed by atoms with E-state index in [2.05, 4.69) is 15.4 Å². The molecule has 1 N–H and O–H groups in total. The molecule has 1 amide bonds. The highest BCUT2D eigenvalue weighted by molar-refractivity contribution is 7.92. The molecule has 0 unspecified atom stereocenters. The Morgan fingerprint density at radius 2 is 2.07 bits per heavy atom. The topological polar surface area (TPSA) is 97.2 Å². The summed E-state index contributed by atoms with van der Waals surface area (Å²) in [7, 11) is -3.36. The third kappa shape index (κ3) is 3.61. The van der Waals surface area contributed by atoms with Crippen LogP contribution in [0.5, 0.6) is 0 Å². The van der Waals surface area contributed by atoms with Gasteiger partial charge in [0.2, 0.25) is 10.0 Å². The van der Waals surface area contributed by atoms with Crippen molar-refractivity contribution < 1.29 is 13.2 Å². The highest BCUT2D eigenvalue weighted by Crippen LogP contribution is 2.31. The molecule has 0 saturated carbocycles. The summed E-state index contributed by atoms with van der Waals surface area (Å²) in [6.07, 6.45) is 7.68. The van der Waals surface area contributed by atoms with Crippen LogP contribution in [0.4, 0.5) is 11.4 Å². The summed E-state index contributed by atoms with van der Waals surface area (Å²) < 4.78 is 27.1. The van der Waals surface area contributed by atoms with Gasteiger partial charge in [0.15, 0.2) is 5.82 Å². The molecular weight excluding hydrogens is 378 g/mol. The second-order valence-corrected chi connectivity index (χ2v) is 8.50. The van der Waals surface area contributed by atoms with Gasteiger partial charge in [-0.1, -0.05) is 6.07 Å². The van der Waals surface area contributed by atoms with Gasteiger partial charge in [-0.25, -0.2) is 18.1 Å². The van der Waals surface area contributed by atoms with Gasteiger partial charge in [-0.05, 0) is 48.7 Å². The largest absolute Gasteiger partial charge is 0.322 e. The quantitative estimate of drug-likeness (QED) is 0.728. The Bertz CT molecular complexity index is 1110. The number of fused-ring (bicyclic) bond motifs is 1. The minimum absolute atomic E-state index is 0.318. The van der Waals surface area contributed by atoms with Crippen molar-refractivity contribution in [3.63, 3.8) is 0 Å². The van der Waals surface area contributed by atoms with Gasteiger partial charge in [0.1, 0.15) is 0 Å². The highest BCUT2D eigenvalue weighted by atomic mass is 32.2. The number of pyridine rings is 1. The Balaban J connectivity index is 1.55. The molecule has 3 heterocycles. The van der Waals surface area contributed by atoms with Crippen molar-refractivity contribution in [3.8, 4) is 5.82 Å². The summed E-state index contributed by atoms with van der Waals surface area (Å²) in [5.74, 6) is 0.292. The number of hydrogen-bond donors (Lipinski definition) is 1. The van der Waals surface area contributed by atoms with Crippen molar-refractivity contribution >= 4 is 27.3 Å². The van der Waals surface area contributed by atoms with Gasteiger partial charge in [-0.15, -0.1) is 0 Å². The standard InChI is InChI=1S/C19H19N5O3S/c1-28(26,27)24-11-2-4-14-5-7-16(12-17(14)24)22-19(25)15-6-8-18(20-13-15)23-10-3-9-21-23/h3,5-10,12-13H,2,4,11H2,1H3,(H,22,25). The average Bonchev–Trinajstić information content (AvgIpc) is 3.21. The average molecular weight is 397 g/mol. The Kier molecular flexibility index (Phi) is 4.60. The third-order valence-corrected chi connectivity index (χ3v) is 5.75. The molecule has 0 atom stereocenters. The van der Waals surface area contributed by atoms with Crippen molar-refractivity contribution in [1.29, 1.82) is 0 Å². The fourth-order valence-corrected chi connectivity index (χ4v) is 4.21. The van der Waals surface area contributed by atoms with Gasteiger partial charge in [-0.3, -0.25) is 9.10 Å². The van der Waals surface area contributed by atoms with Crippen LogP contribution in [0, 0.1) is 0 Å². The molecule has 2 aromatic heterocycles. The van der Waals surface area contributed by atoms with E-state index in [0.29, 0.717) is 29.3 Å². The van der Waals surface area contributed by atoms with Crippen LogP contribution in [0.25, 0.3) is 5.82 Å². The first kappa shape index (κ1) is 18.2. The summed E-state index contributed by atoms with van der Waals surface area (Å²) in [4.78, 5) is 16.8. The predicted molar refractivity (Wildman–Crippen MR) is 106 cm³/mol. The molecule has 0 radical (unpaired) electrons. The fourth-order valence-electron chi connectivity index (χ4n) is 3.23. The molecule has 1 aromatic carbocycles. The fraction of sp³-hybridized carbons (Fsp3) is 0.211. The normalized spacial score (nSPS) is 13.8. The number of carbonyl (C=O) groups is 1. The van der Waals surface area contributed by atoms with Gasteiger partial charge in [0.25, 0.3) is 5.91 Å². The maximum absolute atomic E-state index is 12.6. The molecule has 144 valence electrons. The summed E-state index contributed by atoms with van der Waals surface area (Å²) >= 11 is 0. The van der Waals surface area contributed by atoms with Gasteiger partial charge in [0.05, 0.1) is 17.5 Å². The van der Waals surface area contributed by atoms with Crippen molar-refractivity contribution in [2.75, 3.05) is 22.4 Å². The van der Waals surface area contributed by atoms with Gasteiger partial charge in [-0.2, -0.15) is 5.10 Å². The number of amides is 1. The van der Waals surface area contributed by atoms with Gasteiger partial charge < -0.3 is 5.32 Å². The Labute approximate surface area is 162 Å². The summed E-state index contributed by atoms with van der Waals surface area (Å²) in [5.41, 5.74) is 2.52. The lowest BCUT2D eigenvalue weighted by Crippen LogP contribution is -2.34. The smallest absolute Gasteiger partial charge is 0.257 e. The Morgan fingerprint density at radius 1 is 1.21 bits per heavy atom. The number of nitrogens with zero attached hydrogens (tertiary/aromatic N) is 4. The number of rotatable bonds is 4. The predicted octanol–water partition coefficient (Wildman–Crippen LogP) is 2.23. The number of aryl methyl sites for hydroxylation is 1. The molecule has 3 aromatic rings. The maximum Gasteiger partial charge on any atom is 0.257 e.